The van der Waals surface area contributed by atoms with Crippen LogP contribution < -0.4 is 14.8 Å². The topological polar surface area (TPSA) is 30.5 Å². The molecular formula is C15H15Cl2NO2. The molecular weight excluding hydrogens is 297 g/mol. The van der Waals surface area contributed by atoms with Crippen LogP contribution in [-0.2, 0) is 6.54 Å². The summed E-state index contributed by atoms with van der Waals surface area (Å²) in [5, 5.41) is 4.51. The maximum absolute atomic E-state index is 6.11. The highest BCUT2D eigenvalue weighted by atomic mass is 35.5. The van der Waals surface area contributed by atoms with Gasteiger partial charge in [-0.05, 0) is 35.9 Å². The Morgan fingerprint density at radius 2 is 1.60 bits per heavy atom. The molecule has 0 bridgehead atoms. The number of methoxy groups -OCH3 is 2. The van der Waals surface area contributed by atoms with Gasteiger partial charge in [0.15, 0.2) is 0 Å². The van der Waals surface area contributed by atoms with E-state index in [-0.39, 0.29) is 0 Å². The molecule has 0 aliphatic carbocycles. The molecule has 0 amide bonds. The van der Waals surface area contributed by atoms with E-state index in [0.29, 0.717) is 16.6 Å². The van der Waals surface area contributed by atoms with E-state index in [1.54, 1.807) is 32.4 Å². The number of halogens is 2. The Labute approximate surface area is 128 Å². The molecule has 0 atom stereocenters. The standard InChI is InChI=1S/C15H15Cl2NO2/c1-19-12-5-10(6-13(8-12)20-2)9-18-15-7-11(16)3-4-14(15)17/h3-8,18H,9H2,1-2H3. The zero-order valence-corrected chi connectivity index (χ0v) is 12.8. The second kappa shape index (κ2) is 6.73. The van der Waals surface area contributed by atoms with Crippen molar-refractivity contribution in [2.45, 2.75) is 6.54 Å². The van der Waals surface area contributed by atoms with Gasteiger partial charge in [0.25, 0.3) is 0 Å². The van der Waals surface area contributed by atoms with Crippen LogP contribution in [0.3, 0.4) is 0 Å². The van der Waals surface area contributed by atoms with Crippen LogP contribution in [0.4, 0.5) is 5.69 Å². The third-order valence-electron chi connectivity index (χ3n) is 2.82. The van der Waals surface area contributed by atoms with E-state index >= 15 is 0 Å². The second-order valence-electron chi connectivity index (χ2n) is 4.20. The summed E-state index contributed by atoms with van der Waals surface area (Å²) in [5.74, 6) is 1.50. The van der Waals surface area contributed by atoms with Gasteiger partial charge < -0.3 is 14.8 Å². The fraction of sp³-hybridized carbons (Fsp3) is 0.200. The minimum absolute atomic E-state index is 0.591. The van der Waals surface area contributed by atoms with Crippen LogP contribution in [0.2, 0.25) is 10.0 Å². The minimum Gasteiger partial charge on any atom is -0.497 e. The molecule has 0 heterocycles. The monoisotopic (exact) mass is 311 g/mol. The highest BCUT2D eigenvalue weighted by Crippen LogP contribution is 2.27. The van der Waals surface area contributed by atoms with Gasteiger partial charge in [0.2, 0.25) is 0 Å². The maximum atomic E-state index is 6.11. The van der Waals surface area contributed by atoms with E-state index in [2.05, 4.69) is 5.32 Å². The average Bonchev–Trinajstić information content (AvgIpc) is 2.47. The van der Waals surface area contributed by atoms with Gasteiger partial charge in [-0.1, -0.05) is 23.2 Å². The largest absolute Gasteiger partial charge is 0.497 e. The predicted molar refractivity (Wildman–Crippen MR) is 83.3 cm³/mol. The lowest BCUT2D eigenvalue weighted by Crippen LogP contribution is -2.01. The van der Waals surface area contributed by atoms with Gasteiger partial charge in [0, 0.05) is 17.6 Å². The minimum atomic E-state index is 0.591. The van der Waals surface area contributed by atoms with Gasteiger partial charge in [0.1, 0.15) is 11.5 Å². The number of hydrogen-bond acceptors (Lipinski definition) is 3. The number of anilines is 1. The first-order valence-electron chi connectivity index (χ1n) is 6.03. The van der Waals surface area contributed by atoms with Crippen molar-refractivity contribution < 1.29 is 9.47 Å². The van der Waals surface area contributed by atoms with Crippen molar-refractivity contribution in [2.24, 2.45) is 0 Å². The van der Waals surface area contributed by atoms with Crippen LogP contribution in [0.25, 0.3) is 0 Å². The molecule has 2 aromatic carbocycles. The summed E-state index contributed by atoms with van der Waals surface area (Å²) in [4.78, 5) is 0. The highest BCUT2D eigenvalue weighted by molar-refractivity contribution is 6.35. The van der Waals surface area contributed by atoms with Gasteiger partial charge >= 0.3 is 0 Å². The maximum Gasteiger partial charge on any atom is 0.122 e. The van der Waals surface area contributed by atoms with Gasteiger partial charge in [-0.3, -0.25) is 0 Å². The molecule has 0 aliphatic heterocycles. The predicted octanol–water partition coefficient (Wildman–Crippen LogP) is 4.62. The Bertz CT molecular complexity index is 580. The summed E-state index contributed by atoms with van der Waals surface area (Å²) < 4.78 is 10.5. The van der Waals surface area contributed by atoms with Crippen molar-refractivity contribution >= 4 is 28.9 Å². The van der Waals surface area contributed by atoms with Gasteiger partial charge in [-0.2, -0.15) is 0 Å². The summed E-state index contributed by atoms with van der Waals surface area (Å²) in [5.41, 5.74) is 1.82. The summed E-state index contributed by atoms with van der Waals surface area (Å²) in [7, 11) is 3.25. The normalized spacial score (nSPS) is 10.2. The SMILES string of the molecule is COc1cc(CNc2cc(Cl)ccc2Cl)cc(OC)c1. The van der Waals surface area contributed by atoms with Crippen molar-refractivity contribution in [3.8, 4) is 11.5 Å². The fourth-order valence-electron chi connectivity index (χ4n) is 1.80. The van der Waals surface area contributed by atoms with Crippen molar-refractivity contribution in [1.82, 2.24) is 0 Å². The van der Waals surface area contributed by atoms with Crippen LogP contribution in [-0.4, -0.2) is 14.2 Å². The number of hydrogen-bond donors (Lipinski definition) is 1. The number of ether oxygens (including phenoxy) is 2. The lowest BCUT2D eigenvalue weighted by molar-refractivity contribution is 0.393. The van der Waals surface area contributed by atoms with E-state index in [1.807, 2.05) is 18.2 Å². The summed E-state index contributed by atoms with van der Waals surface area (Å²) in [6.45, 7) is 0.591. The van der Waals surface area contributed by atoms with E-state index < -0.39 is 0 Å². The molecule has 2 rings (SSSR count). The molecule has 1 N–H and O–H groups in total. The molecule has 0 fully saturated rings. The fourth-order valence-corrected chi connectivity index (χ4v) is 2.16. The summed E-state index contributed by atoms with van der Waals surface area (Å²) >= 11 is 12.1. The highest BCUT2D eigenvalue weighted by Gasteiger charge is 2.04. The molecule has 0 spiro atoms. The van der Waals surface area contributed by atoms with E-state index in [4.69, 9.17) is 32.7 Å². The Morgan fingerprint density at radius 3 is 2.20 bits per heavy atom. The second-order valence-corrected chi connectivity index (χ2v) is 5.04. The zero-order valence-electron chi connectivity index (χ0n) is 11.2. The Hall–Kier alpha value is -1.58. The molecule has 0 aliphatic rings. The van der Waals surface area contributed by atoms with Crippen LogP contribution in [0, 0.1) is 0 Å². The molecule has 0 radical (unpaired) electrons. The van der Waals surface area contributed by atoms with Crippen molar-refractivity contribution in [3.05, 3.63) is 52.0 Å². The molecule has 2 aromatic rings. The molecule has 106 valence electrons. The zero-order chi connectivity index (χ0) is 14.5. The molecule has 3 nitrogen and oxygen atoms in total. The number of benzene rings is 2. The first kappa shape index (κ1) is 14.8. The van der Waals surface area contributed by atoms with Crippen LogP contribution >= 0.6 is 23.2 Å². The first-order chi connectivity index (χ1) is 9.62. The van der Waals surface area contributed by atoms with Crippen LogP contribution in [0.1, 0.15) is 5.56 Å². The molecule has 5 heteroatoms. The van der Waals surface area contributed by atoms with Crippen LogP contribution in [0.5, 0.6) is 11.5 Å². The van der Waals surface area contributed by atoms with Crippen molar-refractivity contribution in [1.29, 1.82) is 0 Å². The lowest BCUT2D eigenvalue weighted by Gasteiger charge is -2.11. The molecule has 0 saturated carbocycles. The third kappa shape index (κ3) is 3.71. The Kier molecular flexibility index (Phi) is 4.99. The summed E-state index contributed by atoms with van der Waals surface area (Å²) in [6, 6.07) is 11.0. The molecule has 20 heavy (non-hydrogen) atoms. The van der Waals surface area contributed by atoms with Gasteiger partial charge in [-0.25, -0.2) is 0 Å². The number of nitrogens with one attached hydrogen (secondary N) is 1. The summed E-state index contributed by atoms with van der Waals surface area (Å²) in [6.07, 6.45) is 0. The Morgan fingerprint density at radius 1 is 0.950 bits per heavy atom. The average molecular weight is 312 g/mol. The molecule has 0 unspecified atom stereocenters. The van der Waals surface area contributed by atoms with E-state index in [9.17, 15) is 0 Å². The number of rotatable bonds is 5. The van der Waals surface area contributed by atoms with E-state index in [0.717, 1.165) is 22.7 Å². The van der Waals surface area contributed by atoms with E-state index in [1.165, 1.54) is 0 Å². The van der Waals surface area contributed by atoms with Gasteiger partial charge in [0.05, 0.1) is 24.9 Å². The smallest absolute Gasteiger partial charge is 0.122 e. The van der Waals surface area contributed by atoms with Crippen LogP contribution in [0.15, 0.2) is 36.4 Å². The van der Waals surface area contributed by atoms with Gasteiger partial charge in [-0.15, -0.1) is 0 Å². The Balaban J connectivity index is 2.16. The molecule has 0 saturated heterocycles. The van der Waals surface area contributed by atoms with Crippen molar-refractivity contribution in [3.63, 3.8) is 0 Å². The lowest BCUT2D eigenvalue weighted by atomic mass is 10.2. The third-order valence-corrected chi connectivity index (χ3v) is 3.39. The van der Waals surface area contributed by atoms with Crippen molar-refractivity contribution in [2.75, 3.05) is 19.5 Å². The quantitative estimate of drug-likeness (QED) is 0.873. The first-order valence-corrected chi connectivity index (χ1v) is 6.79. The molecule has 0 aromatic heterocycles.